The summed E-state index contributed by atoms with van der Waals surface area (Å²) in [5.41, 5.74) is 5.30. The van der Waals surface area contributed by atoms with Gasteiger partial charge in [0, 0.05) is 6.04 Å². The molecule has 1 fully saturated rings. The van der Waals surface area contributed by atoms with Gasteiger partial charge in [0.05, 0.1) is 0 Å². The fourth-order valence-electron chi connectivity index (χ4n) is 1.41. The van der Waals surface area contributed by atoms with Gasteiger partial charge in [0.25, 0.3) is 5.91 Å². The van der Waals surface area contributed by atoms with Crippen LogP contribution in [0.25, 0.3) is 0 Å². The Morgan fingerprint density at radius 1 is 1.32 bits per heavy atom. The van der Waals surface area contributed by atoms with Crippen molar-refractivity contribution in [3.8, 4) is 0 Å². The summed E-state index contributed by atoms with van der Waals surface area (Å²) < 4.78 is 61.9. The normalized spacial score (nSPS) is 19.3. The van der Waals surface area contributed by atoms with Gasteiger partial charge >= 0.3 is 12.1 Å². The molecule has 1 saturated carbocycles. The number of nitrogens with one attached hydrogen (secondary N) is 1. The first-order valence-corrected chi connectivity index (χ1v) is 5.22. The molecule has 0 unspecified atom stereocenters. The fraction of sp³-hybridized carbons (Fsp3) is 0.889. The third kappa shape index (κ3) is 5.07. The van der Waals surface area contributed by atoms with E-state index < -0.39 is 36.7 Å². The minimum absolute atomic E-state index is 0. The molecule has 2 atom stereocenters. The van der Waals surface area contributed by atoms with Crippen LogP contribution in [0.3, 0.4) is 0 Å². The van der Waals surface area contributed by atoms with E-state index in [9.17, 15) is 31.9 Å². The second-order valence-electron chi connectivity index (χ2n) is 4.28. The molecule has 0 aliphatic heterocycles. The van der Waals surface area contributed by atoms with Gasteiger partial charge < -0.3 is 16.2 Å². The molecule has 0 aromatic rings. The molecule has 1 amide bonds. The zero-order valence-electron chi connectivity index (χ0n) is 9.58. The van der Waals surface area contributed by atoms with E-state index in [2.05, 4.69) is 0 Å². The Morgan fingerprint density at radius 2 is 1.79 bits per heavy atom. The maximum absolute atomic E-state index is 13.3. The maximum Gasteiger partial charge on any atom is 0.405 e. The van der Waals surface area contributed by atoms with Gasteiger partial charge in [-0.15, -0.1) is 12.4 Å². The number of nitrogens with two attached hydrogens (primary N) is 1. The lowest BCUT2D eigenvalue weighted by molar-refractivity contribution is -0.172. The first-order chi connectivity index (χ1) is 8.05. The zero-order chi connectivity index (χ0) is 14.1. The molecule has 4 nitrogen and oxygen atoms in total. The van der Waals surface area contributed by atoms with E-state index in [-0.39, 0.29) is 18.3 Å². The summed E-state index contributed by atoms with van der Waals surface area (Å²) in [6, 6.07) is -1.32. The molecule has 19 heavy (non-hydrogen) atoms. The maximum atomic E-state index is 13.3. The third-order valence-corrected chi connectivity index (χ3v) is 2.65. The van der Waals surface area contributed by atoms with Crippen LogP contribution in [0.2, 0.25) is 0 Å². The molecule has 0 spiro atoms. The van der Waals surface area contributed by atoms with Crippen molar-refractivity contribution in [3.63, 3.8) is 0 Å². The number of halogens is 6. The smallest absolute Gasteiger partial charge is 0.385 e. The molecule has 1 aliphatic rings. The minimum atomic E-state index is -4.80. The Labute approximate surface area is 111 Å². The van der Waals surface area contributed by atoms with E-state index in [1.807, 2.05) is 0 Å². The lowest BCUT2D eigenvalue weighted by atomic mass is 10.0. The molecule has 114 valence electrons. The number of carbonyl (C=O) groups excluding carboxylic acids is 1. The highest BCUT2D eigenvalue weighted by Crippen LogP contribution is 2.36. The SMILES string of the molecule is Cl.N[C@@H](C1CC1)[C@@H](O)C(F)(F)C(=O)NCC(F)(F)F. The molecule has 0 saturated heterocycles. The predicted molar refractivity (Wildman–Crippen MR) is 58.0 cm³/mol. The lowest BCUT2D eigenvalue weighted by Crippen LogP contribution is -2.56. The molecule has 0 aromatic carbocycles. The second-order valence-corrected chi connectivity index (χ2v) is 4.28. The van der Waals surface area contributed by atoms with Crippen LogP contribution in [0.15, 0.2) is 0 Å². The molecule has 4 N–H and O–H groups in total. The summed E-state index contributed by atoms with van der Waals surface area (Å²) in [4.78, 5) is 10.9. The number of aliphatic hydroxyl groups excluding tert-OH is 1. The van der Waals surface area contributed by atoms with E-state index in [0.29, 0.717) is 12.8 Å². The standard InChI is InChI=1S/C9H13F5N2O2.ClH/c10-8(11,12)3-16-7(18)9(13,14)6(17)5(15)4-1-2-4;/h4-6,17H,1-3,15H2,(H,16,18);1H/t5-,6+;/m0./s1. The molecule has 0 heterocycles. The van der Waals surface area contributed by atoms with Gasteiger partial charge in [-0.2, -0.15) is 22.0 Å². The largest absolute Gasteiger partial charge is 0.405 e. The van der Waals surface area contributed by atoms with Crippen molar-refractivity contribution in [3.05, 3.63) is 0 Å². The van der Waals surface area contributed by atoms with Gasteiger partial charge in [-0.05, 0) is 18.8 Å². The van der Waals surface area contributed by atoms with Crippen LogP contribution in [0.5, 0.6) is 0 Å². The van der Waals surface area contributed by atoms with Crippen molar-refractivity contribution in [2.24, 2.45) is 11.7 Å². The van der Waals surface area contributed by atoms with Crippen molar-refractivity contribution in [1.29, 1.82) is 0 Å². The molecule has 10 heteroatoms. The lowest BCUT2D eigenvalue weighted by Gasteiger charge is -2.26. The van der Waals surface area contributed by atoms with Crippen molar-refractivity contribution in [2.45, 2.75) is 37.1 Å². The highest BCUT2D eigenvalue weighted by atomic mass is 35.5. The van der Waals surface area contributed by atoms with E-state index in [4.69, 9.17) is 5.73 Å². The van der Waals surface area contributed by atoms with Gasteiger partial charge in [0.1, 0.15) is 12.6 Å². The quantitative estimate of drug-likeness (QED) is 0.658. The molecule has 0 aromatic heterocycles. The van der Waals surface area contributed by atoms with Gasteiger partial charge in [-0.25, -0.2) is 0 Å². The molecule has 0 bridgehead atoms. The Kier molecular flexibility index (Phi) is 5.97. The van der Waals surface area contributed by atoms with Crippen LogP contribution in [0, 0.1) is 5.92 Å². The van der Waals surface area contributed by atoms with Crippen molar-refractivity contribution in [2.75, 3.05) is 6.54 Å². The average molecular weight is 313 g/mol. The van der Waals surface area contributed by atoms with Crippen LogP contribution in [0.1, 0.15) is 12.8 Å². The number of hydrogen-bond acceptors (Lipinski definition) is 3. The highest BCUT2D eigenvalue weighted by molar-refractivity contribution is 5.85. The van der Waals surface area contributed by atoms with Crippen LogP contribution < -0.4 is 11.1 Å². The fourth-order valence-corrected chi connectivity index (χ4v) is 1.41. The van der Waals surface area contributed by atoms with Gasteiger partial charge in [0.15, 0.2) is 0 Å². The van der Waals surface area contributed by atoms with Gasteiger partial charge in [-0.1, -0.05) is 0 Å². The number of aliphatic hydroxyl groups is 1. The van der Waals surface area contributed by atoms with Crippen molar-refractivity contribution in [1.82, 2.24) is 5.32 Å². The minimum Gasteiger partial charge on any atom is -0.385 e. The summed E-state index contributed by atoms with van der Waals surface area (Å²) in [5.74, 6) is -6.84. The topological polar surface area (TPSA) is 75.3 Å². The Balaban J connectivity index is 0.00000324. The van der Waals surface area contributed by atoms with Crippen molar-refractivity contribution < 1.29 is 31.9 Å². The summed E-state index contributed by atoms with van der Waals surface area (Å²) in [6.07, 6.45) is -6.18. The monoisotopic (exact) mass is 312 g/mol. The number of rotatable bonds is 5. The second kappa shape index (κ2) is 6.19. The molecule has 0 radical (unpaired) electrons. The predicted octanol–water partition coefficient (Wildman–Crippen LogP) is 0.820. The van der Waals surface area contributed by atoms with Gasteiger partial charge in [-0.3, -0.25) is 4.79 Å². The van der Waals surface area contributed by atoms with Crippen LogP contribution in [-0.4, -0.2) is 41.8 Å². The summed E-state index contributed by atoms with van der Waals surface area (Å²) in [7, 11) is 0. The number of hydrogen-bond donors (Lipinski definition) is 3. The Morgan fingerprint density at radius 3 is 2.16 bits per heavy atom. The van der Waals surface area contributed by atoms with Crippen molar-refractivity contribution >= 4 is 18.3 Å². The molecular weight excluding hydrogens is 299 g/mol. The number of carbonyl (C=O) groups is 1. The van der Waals surface area contributed by atoms with E-state index in [1.54, 1.807) is 0 Å². The summed E-state index contributed by atoms with van der Waals surface area (Å²) in [5, 5.41) is 10.3. The van der Waals surface area contributed by atoms with E-state index in [1.165, 1.54) is 0 Å². The average Bonchev–Trinajstić information content (AvgIpc) is 3.06. The van der Waals surface area contributed by atoms with Crippen LogP contribution in [-0.2, 0) is 4.79 Å². The van der Waals surface area contributed by atoms with E-state index >= 15 is 0 Å². The molecule has 1 rings (SSSR count). The first-order valence-electron chi connectivity index (χ1n) is 5.22. The van der Waals surface area contributed by atoms with Crippen LogP contribution >= 0.6 is 12.4 Å². The Bertz CT molecular complexity index is 322. The summed E-state index contributed by atoms with van der Waals surface area (Å²) in [6.45, 7) is -1.88. The number of amides is 1. The molecule has 1 aliphatic carbocycles. The first kappa shape index (κ1) is 18.3. The van der Waals surface area contributed by atoms with Gasteiger partial charge in [0.2, 0.25) is 0 Å². The highest BCUT2D eigenvalue weighted by Gasteiger charge is 2.52. The zero-order valence-corrected chi connectivity index (χ0v) is 10.4. The Hall–Kier alpha value is -0.670. The number of alkyl halides is 5. The molecular formula is C9H14ClF5N2O2. The third-order valence-electron chi connectivity index (χ3n) is 2.65. The summed E-state index contributed by atoms with van der Waals surface area (Å²) >= 11 is 0. The van der Waals surface area contributed by atoms with Crippen LogP contribution in [0.4, 0.5) is 22.0 Å². The van der Waals surface area contributed by atoms with E-state index in [0.717, 1.165) is 5.32 Å².